The van der Waals surface area contributed by atoms with E-state index in [0.717, 1.165) is 35.8 Å². The van der Waals surface area contributed by atoms with Crippen molar-refractivity contribution in [2.45, 2.75) is 19.3 Å². The molecule has 2 heterocycles. The van der Waals surface area contributed by atoms with E-state index >= 15 is 0 Å². The minimum Gasteiger partial charge on any atom is -0.356 e. The molecule has 0 unspecified atom stereocenters. The monoisotopic (exact) mass is 347 g/mol. The average Bonchev–Trinajstić information content (AvgIpc) is 2.53. The summed E-state index contributed by atoms with van der Waals surface area (Å²) in [5.74, 6) is 2.00. The molecule has 2 aromatic rings. The van der Waals surface area contributed by atoms with Crippen molar-refractivity contribution < 1.29 is 0 Å². The Morgan fingerprint density at radius 3 is 2.81 bits per heavy atom. The van der Waals surface area contributed by atoms with E-state index in [0.29, 0.717) is 0 Å². The van der Waals surface area contributed by atoms with Gasteiger partial charge in [-0.1, -0.05) is 28.1 Å². The largest absolute Gasteiger partial charge is 0.356 e. The Morgan fingerprint density at radius 1 is 1.24 bits per heavy atom. The van der Waals surface area contributed by atoms with Gasteiger partial charge in [-0.05, 0) is 50.9 Å². The van der Waals surface area contributed by atoms with Crippen LogP contribution in [0.25, 0.3) is 10.8 Å². The fraction of sp³-hybridized carbons (Fsp3) is 0.471. The summed E-state index contributed by atoms with van der Waals surface area (Å²) in [4.78, 5) is 7.10. The van der Waals surface area contributed by atoms with E-state index in [1.165, 1.54) is 30.0 Å². The maximum atomic E-state index is 4.65. The fourth-order valence-corrected chi connectivity index (χ4v) is 3.69. The van der Waals surface area contributed by atoms with Gasteiger partial charge in [0, 0.05) is 34.5 Å². The van der Waals surface area contributed by atoms with E-state index in [2.05, 4.69) is 55.4 Å². The quantitative estimate of drug-likeness (QED) is 0.910. The van der Waals surface area contributed by atoms with Crippen LogP contribution in [-0.4, -0.2) is 31.7 Å². The molecule has 112 valence electrons. The van der Waals surface area contributed by atoms with Gasteiger partial charge < -0.3 is 10.2 Å². The van der Waals surface area contributed by atoms with Gasteiger partial charge in [0.15, 0.2) is 0 Å². The zero-order chi connectivity index (χ0) is 14.7. The number of rotatable bonds is 4. The van der Waals surface area contributed by atoms with Crippen molar-refractivity contribution in [1.29, 1.82) is 0 Å². The van der Waals surface area contributed by atoms with Gasteiger partial charge in [0.25, 0.3) is 0 Å². The number of pyridine rings is 1. The van der Waals surface area contributed by atoms with Crippen LogP contribution in [0.4, 0.5) is 5.82 Å². The molecule has 1 aromatic heterocycles. The molecule has 0 saturated carbocycles. The van der Waals surface area contributed by atoms with E-state index in [1.54, 1.807) is 0 Å². The SMILES string of the molecule is CNCCC1CCN(c2nccc3c(Br)cccc23)CC1. The molecule has 1 fully saturated rings. The highest BCUT2D eigenvalue weighted by Crippen LogP contribution is 2.32. The van der Waals surface area contributed by atoms with Crippen LogP contribution in [0.5, 0.6) is 0 Å². The van der Waals surface area contributed by atoms with Crippen molar-refractivity contribution in [3.05, 3.63) is 34.9 Å². The third-order valence-electron chi connectivity index (χ3n) is 4.45. The van der Waals surface area contributed by atoms with Crippen molar-refractivity contribution >= 4 is 32.5 Å². The summed E-state index contributed by atoms with van der Waals surface area (Å²) >= 11 is 3.64. The maximum Gasteiger partial charge on any atom is 0.136 e. The van der Waals surface area contributed by atoms with Gasteiger partial charge >= 0.3 is 0 Å². The van der Waals surface area contributed by atoms with Crippen LogP contribution < -0.4 is 10.2 Å². The van der Waals surface area contributed by atoms with Crippen LogP contribution in [0, 0.1) is 5.92 Å². The molecule has 0 aliphatic carbocycles. The van der Waals surface area contributed by atoms with Crippen molar-refractivity contribution in [3.8, 4) is 0 Å². The number of nitrogens with zero attached hydrogens (tertiary/aromatic N) is 2. The number of fused-ring (bicyclic) bond motifs is 1. The minimum absolute atomic E-state index is 0.857. The second-order valence-electron chi connectivity index (χ2n) is 5.79. The predicted octanol–water partition coefficient (Wildman–Crippen LogP) is 3.82. The Bertz CT molecular complexity index is 606. The molecule has 0 bridgehead atoms. The first-order valence-electron chi connectivity index (χ1n) is 7.72. The van der Waals surface area contributed by atoms with Gasteiger partial charge in [-0.25, -0.2) is 4.98 Å². The van der Waals surface area contributed by atoms with Crippen LogP contribution in [0.15, 0.2) is 34.9 Å². The van der Waals surface area contributed by atoms with Gasteiger partial charge in [-0.3, -0.25) is 0 Å². The number of nitrogens with one attached hydrogen (secondary N) is 1. The molecule has 0 spiro atoms. The molecular weight excluding hydrogens is 326 g/mol. The van der Waals surface area contributed by atoms with Gasteiger partial charge in [0.1, 0.15) is 5.82 Å². The molecule has 3 nitrogen and oxygen atoms in total. The summed E-state index contributed by atoms with van der Waals surface area (Å²) in [6.45, 7) is 3.37. The molecule has 3 rings (SSSR count). The summed E-state index contributed by atoms with van der Waals surface area (Å²) in [7, 11) is 2.03. The van der Waals surface area contributed by atoms with Crippen molar-refractivity contribution in [1.82, 2.24) is 10.3 Å². The standard InChI is InChI=1S/C17H22BrN3/c1-19-9-5-13-7-11-21(12-8-13)17-15-3-2-4-16(18)14(15)6-10-20-17/h2-4,6,10,13,19H,5,7-9,11-12H2,1H3. The Hall–Kier alpha value is -1.13. The van der Waals surface area contributed by atoms with Crippen LogP contribution in [0.1, 0.15) is 19.3 Å². The highest BCUT2D eigenvalue weighted by Gasteiger charge is 2.21. The highest BCUT2D eigenvalue weighted by molar-refractivity contribution is 9.10. The molecule has 1 saturated heterocycles. The Kier molecular flexibility index (Phi) is 4.76. The van der Waals surface area contributed by atoms with Crippen molar-refractivity contribution in [2.24, 2.45) is 5.92 Å². The predicted molar refractivity (Wildman–Crippen MR) is 92.9 cm³/mol. The van der Waals surface area contributed by atoms with E-state index in [4.69, 9.17) is 0 Å². The molecule has 21 heavy (non-hydrogen) atoms. The van der Waals surface area contributed by atoms with Crippen LogP contribution in [0.2, 0.25) is 0 Å². The summed E-state index contributed by atoms with van der Waals surface area (Å²) in [6, 6.07) is 8.45. The zero-order valence-electron chi connectivity index (χ0n) is 12.5. The molecule has 1 N–H and O–H groups in total. The summed E-state index contributed by atoms with van der Waals surface area (Å²) in [5, 5.41) is 5.76. The lowest BCUT2D eigenvalue weighted by molar-refractivity contribution is 0.377. The second-order valence-corrected chi connectivity index (χ2v) is 6.65. The third-order valence-corrected chi connectivity index (χ3v) is 5.14. The van der Waals surface area contributed by atoms with Crippen LogP contribution >= 0.6 is 15.9 Å². The zero-order valence-corrected chi connectivity index (χ0v) is 14.1. The van der Waals surface area contributed by atoms with E-state index in [-0.39, 0.29) is 0 Å². The molecule has 1 aliphatic heterocycles. The smallest absolute Gasteiger partial charge is 0.136 e. The molecule has 0 radical (unpaired) electrons. The number of piperidine rings is 1. The number of anilines is 1. The minimum atomic E-state index is 0.857. The lowest BCUT2D eigenvalue weighted by Gasteiger charge is -2.33. The summed E-state index contributed by atoms with van der Waals surface area (Å²) < 4.78 is 1.15. The summed E-state index contributed by atoms with van der Waals surface area (Å²) in [6.07, 6.45) is 5.76. The first-order valence-corrected chi connectivity index (χ1v) is 8.51. The average molecular weight is 348 g/mol. The molecule has 1 aliphatic rings. The number of hydrogen-bond donors (Lipinski definition) is 1. The van der Waals surface area contributed by atoms with Crippen molar-refractivity contribution in [3.63, 3.8) is 0 Å². The van der Waals surface area contributed by atoms with Crippen LogP contribution in [-0.2, 0) is 0 Å². The number of halogens is 1. The number of hydrogen-bond acceptors (Lipinski definition) is 3. The molecule has 0 atom stereocenters. The number of aromatic nitrogens is 1. The normalized spacial score (nSPS) is 16.6. The van der Waals surface area contributed by atoms with E-state index in [1.807, 2.05) is 13.2 Å². The van der Waals surface area contributed by atoms with Crippen LogP contribution in [0.3, 0.4) is 0 Å². The Morgan fingerprint density at radius 2 is 2.05 bits per heavy atom. The fourth-order valence-electron chi connectivity index (χ4n) is 3.19. The Balaban J connectivity index is 1.78. The Labute approximate surface area is 134 Å². The van der Waals surface area contributed by atoms with Gasteiger partial charge in [0.2, 0.25) is 0 Å². The topological polar surface area (TPSA) is 28.2 Å². The lowest BCUT2D eigenvalue weighted by atomic mass is 9.93. The first-order chi connectivity index (χ1) is 10.3. The van der Waals surface area contributed by atoms with Gasteiger partial charge in [-0.2, -0.15) is 0 Å². The van der Waals surface area contributed by atoms with Crippen molar-refractivity contribution in [2.75, 3.05) is 31.6 Å². The van der Waals surface area contributed by atoms with E-state index in [9.17, 15) is 0 Å². The van der Waals surface area contributed by atoms with Gasteiger partial charge in [-0.15, -0.1) is 0 Å². The molecule has 0 amide bonds. The third kappa shape index (κ3) is 3.22. The number of benzene rings is 1. The highest BCUT2D eigenvalue weighted by atomic mass is 79.9. The van der Waals surface area contributed by atoms with E-state index < -0.39 is 0 Å². The summed E-state index contributed by atoms with van der Waals surface area (Å²) in [5.41, 5.74) is 0. The molecule has 1 aromatic carbocycles. The second kappa shape index (κ2) is 6.75. The van der Waals surface area contributed by atoms with Gasteiger partial charge in [0.05, 0.1) is 0 Å². The lowest BCUT2D eigenvalue weighted by Crippen LogP contribution is -2.35. The molecule has 4 heteroatoms. The first kappa shape index (κ1) is 14.8. The maximum absolute atomic E-state index is 4.65. The molecular formula is C17H22BrN3.